The fraction of sp³-hybridized carbons (Fsp3) is 0.909. The maximum absolute atomic E-state index is 10.6. The van der Waals surface area contributed by atoms with Gasteiger partial charge in [-0.05, 0) is 25.2 Å². The third-order valence-corrected chi connectivity index (χ3v) is 2.84. The first-order valence-electron chi connectivity index (χ1n) is 5.54. The predicted octanol–water partition coefficient (Wildman–Crippen LogP) is 1.68. The van der Waals surface area contributed by atoms with Gasteiger partial charge in [0.05, 0.1) is 19.3 Å². The molecule has 0 bridgehead atoms. The second kappa shape index (κ2) is 6.80. The third kappa shape index (κ3) is 5.14. The Kier molecular flexibility index (Phi) is 5.65. The van der Waals surface area contributed by atoms with Gasteiger partial charge in [-0.1, -0.05) is 6.42 Å². The van der Waals surface area contributed by atoms with E-state index in [1.54, 1.807) is 7.11 Å². The lowest BCUT2D eigenvalue weighted by Gasteiger charge is -2.28. The van der Waals surface area contributed by atoms with Gasteiger partial charge in [0.2, 0.25) is 0 Å². The molecule has 1 N–H and O–H groups in total. The molecule has 4 nitrogen and oxygen atoms in total. The zero-order chi connectivity index (χ0) is 11.1. The Morgan fingerprint density at radius 3 is 2.87 bits per heavy atom. The molecule has 0 aromatic rings. The molecule has 0 spiro atoms. The van der Waals surface area contributed by atoms with E-state index < -0.39 is 5.97 Å². The van der Waals surface area contributed by atoms with E-state index in [1.807, 2.05) is 0 Å². The van der Waals surface area contributed by atoms with Crippen LogP contribution in [0, 0.1) is 5.92 Å². The molecule has 1 aliphatic rings. The minimum Gasteiger partial charge on any atom is -0.481 e. The van der Waals surface area contributed by atoms with E-state index >= 15 is 0 Å². The van der Waals surface area contributed by atoms with Crippen LogP contribution in [0.4, 0.5) is 0 Å². The summed E-state index contributed by atoms with van der Waals surface area (Å²) >= 11 is 0. The minimum absolute atomic E-state index is 0.234. The van der Waals surface area contributed by atoms with Crippen molar-refractivity contribution in [1.82, 2.24) is 0 Å². The molecular formula is C11H20O4. The molecule has 1 saturated carbocycles. The SMILES string of the molecule is COCCOC1CCCC(CC(=O)O)C1. The van der Waals surface area contributed by atoms with Crippen LogP contribution in [0.15, 0.2) is 0 Å². The van der Waals surface area contributed by atoms with Crippen LogP contribution >= 0.6 is 0 Å². The summed E-state index contributed by atoms with van der Waals surface area (Å²) in [6.07, 6.45) is 4.56. The average molecular weight is 216 g/mol. The van der Waals surface area contributed by atoms with Gasteiger partial charge in [-0.25, -0.2) is 0 Å². The summed E-state index contributed by atoms with van der Waals surface area (Å²) in [4.78, 5) is 10.6. The minimum atomic E-state index is -0.697. The van der Waals surface area contributed by atoms with Crippen molar-refractivity contribution in [1.29, 1.82) is 0 Å². The van der Waals surface area contributed by atoms with Gasteiger partial charge in [-0.15, -0.1) is 0 Å². The Balaban J connectivity index is 2.19. The molecule has 0 heterocycles. The molecule has 1 fully saturated rings. The first-order valence-corrected chi connectivity index (χ1v) is 5.54. The summed E-state index contributed by atoms with van der Waals surface area (Å²) in [6, 6.07) is 0. The van der Waals surface area contributed by atoms with E-state index in [1.165, 1.54) is 0 Å². The van der Waals surface area contributed by atoms with E-state index in [9.17, 15) is 4.79 Å². The number of methoxy groups -OCH3 is 1. The maximum Gasteiger partial charge on any atom is 0.303 e. The van der Waals surface area contributed by atoms with Crippen molar-refractivity contribution in [3.05, 3.63) is 0 Å². The Hall–Kier alpha value is -0.610. The molecule has 0 amide bonds. The smallest absolute Gasteiger partial charge is 0.303 e. The van der Waals surface area contributed by atoms with Crippen LogP contribution in [0.5, 0.6) is 0 Å². The Morgan fingerprint density at radius 2 is 2.20 bits per heavy atom. The third-order valence-electron chi connectivity index (χ3n) is 2.84. The fourth-order valence-electron chi connectivity index (χ4n) is 2.12. The Morgan fingerprint density at radius 1 is 1.40 bits per heavy atom. The van der Waals surface area contributed by atoms with Gasteiger partial charge >= 0.3 is 5.97 Å². The van der Waals surface area contributed by atoms with Gasteiger partial charge in [0.15, 0.2) is 0 Å². The number of carboxylic acid groups (broad SMARTS) is 1. The van der Waals surface area contributed by atoms with E-state index in [-0.39, 0.29) is 12.5 Å². The molecule has 1 aliphatic carbocycles. The van der Waals surface area contributed by atoms with Gasteiger partial charge in [0.25, 0.3) is 0 Å². The van der Waals surface area contributed by atoms with Crippen molar-refractivity contribution in [2.24, 2.45) is 5.92 Å². The number of carboxylic acids is 1. The molecule has 2 atom stereocenters. The Labute approximate surface area is 90.6 Å². The number of hydrogen-bond donors (Lipinski definition) is 1. The summed E-state index contributed by atoms with van der Waals surface area (Å²) in [7, 11) is 1.65. The van der Waals surface area contributed by atoms with Gasteiger partial charge in [0.1, 0.15) is 0 Å². The highest BCUT2D eigenvalue weighted by Crippen LogP contribution is 2.28. The monoisotopic (exact) mass is 216 g/mol. The molecule has 1 rings (SSSR count). The van der Waals surface area contributed by atoms with E-state index in [0.717, 1.165) is 25.7 Å². The first kappa shape index (κ1) is 12.5. The topological polar surface area (TPSA) is 55.8 Å². The highest BCUT2D eigenvalue weighted by molar-refractivity contribution is 5.67. The lowest BCUT2D eigenvalue weighted by molar-refractivity contribution is -0.138. The molecular weight excluding hydrogens is 196 g/mol. The first-order chi connectivity index (χ1) is 7.22. The molecule has 0 aromatic carbocycles. The van der Waals surface area contributed by atoms with Crippen molar-refractivity contribution in [2.75, 3.05) is 20.3 Å². The molecule has 4 heteroatoms. The zero-order valence-corrected chi connectivity index (χ0v) is 9.28. The highest BCUT2D eigenvalue weighted by atomic mass is 16.5. The van der Waals surface area contributed by atoms with Crippen molar-refractivity contribution < 1.29 is 19.4 Å². The van der Waals surface area contributed by atoms with Crippen LogP contribution in [0.3, 0.4) is 0 Å². The van der Waals surface area contributed by atoms with Crippen molar-refractivity contribution >= 4 is 5.97 Å². The lowest BCUT2D eigenvalue weighted by atomic mass is 9.85. The molecule has 88 valence electrons. The van der Waals surface area contributed by atoms with Crippen LogP contribution in [-0.4, -0.2) is 37.5 Å². The number of rotatable bonds is 6. The standard InChI is InChI=1S/C11H20O4/c1-14-5-6-15-10-4-2-3-9(7-10)8-11(12)13/h9-10H,2-8H2,1H3,(H,12,13). The summed E-state index contributed by atoms with van der Waals surface area (Å²) in [5.74, 6) is -0.402. The van der Waals surface area contributed by atoms with E-state index in [4.69, 9.17) is 14.6 Å². The Bertz CT molecular complexity index is 193. The normalized spacial score (nSPS) is 26.5. The predicted molar refractivity (Wildman–Crippen MR) is 55.8 cm³/mol. The van der Waals surface area contributed by atoms with Crippen LogP contribution in [0.25, 0.3) is 0 Å². The molecule has 0 aliphatic heterocycles. The second-order valence-electron chi connectivity index (χ2n) is 4.12. The van der Waals surface area contributed by atoms with Gasteiger partial charge in [-0.3, -0.25) is 4.79 Å². The van der Waals surface area contributed by atoms with Gasteiger partial charge in [-0.2, -0.15) is 0 Å². The maximum atomic E-state index is 10.6. The summed E-state index contributed by atoms with van der Waals surface area (Å²) in [5, 5.41) is 8.71. The van der Waals surface area contributed by atoms with Crippen LogP contribution in [-0.2, 0) is 14.3 Å². The van der Waals surface area contributed by atoms with Crippen LogP contribution in [0.1, 0.15) is 32.1 Å². The van der Waals surface area contributed by atoms with Crippen LogP contribution in [0.2, 0.25) is 0 Å². The van der Waals surface area contributed by atoms with Gasteiger partial charge < -0.3 is 14.6 Å². The summed E-state index contributed by atoms with van der Waals surface area (Å²) in [6.45, 7) is 1.22. The van der Waals surface area contributed by atoms with Gasteiger partial charge in [0, 0.05) is 13.5 Å². The highest BCUT2D eigenvalue weighted by Gasteiger charge is 2.23. The fourth-order valence-corrected chi connectivity index (χ4v) is 2.12. The second-order valence-corrected chi connectivity index (χ2v) is 4.12. The van der Waals surface area contributed by atoms with Crippen molar-refractivity contribution in [3.8, 4) is 0 Å². The zero-order valence-electron chi connectivity index (χ0n) is 9.28. The number of ether oxygens (including phenoxy) is 2. The van der Waals surface area contributed by atoms with Crippen molar-refractivity contribution in [2.45, 2.75) is 38.2 Å². The summed E-state index contributed by atoms with van der Waals surface area (Å²) < 4.78 is 10.5. The molecule has 15 heavy (non-hydrogen) atoms. The number of aliphatic carboxylic acids is 1. The molecule has 0 aromatic heterocycles. The summed E-state index contributed by atoms with van der Waals surface area (Å²) in [5.41, 5.74) is 0. The number of hydrogen-bond acceptors (Lipinski definition) is 3. The molecule has 0 saturated heterocycles. The largest absolute Gasteiger partial charge is 0.481 e. The quantitative estimate of drug-likeness (QED) is 0.686. The van der Waals surface area contributed by atoms with Crippen LogP contribution < -0.4 is 0 Å². The number of carbonyl (C=O) groups is 1. The lowest BCUT2D eigenvalue weighted by Crippen LogP contribution is -2.25. The average Bonchev–Trinajstić information content (AvgIpc) is 2.18. The molecule has 0 radical (unpaired) electrons. The molecule has 2 unspecified atom stereocenters. The van der Waals surface area contributed by atoms with Crippen molar-refractivity contribution in [3.63, 3.8) is 0 Å². The van der Waals surface area contributed by atoms with E-state index in [0.29, 0.717) is 19.1 Å². The van der Waals surface area contributed by atoms with E-state index in [2.05, 4.69) is 0 Å².